The van der Waals surface area contributed by atoms with Crippen molar-refractivity contribution >= 4 is 0 Å². The van der Waals surface area contributed by atoms with E-state index < -0.39 is 0 Å². The summed E-state index contributed by atoms with van der Waals surface area (Å²) < 4.78 is 0. The molecule has 0 saturated carbocycles. The molecule has 0 spiro atoms. The molecule has 0 rings (SSSR count). The fourth-order valence-electron chi connectivity index (χ4n) is 3.00. The third-order valence-electron chi connectivity index (χ3n) is 4.72. The van der Waals surface area contributed by atoms with Crippen LogP contribution in [-0.2, 0) is 0 Å². The largest absolute Gasteiger partial charge is 0.393 e. The van der Waals surface area contributed by atoms with Gasteiger partial charge in [-0.1, -0.05) is 76.0 Å². The lowest BCUT2D eigenvalue weighted by atomic mass is 10.0. The van der Waals surface area contributed by atoms with Crippen molar-refractivity contribution in [3.8, 4) is 0 Å². The molecule has 0 heterocycles. The van der Waals surface area contributed by atoms with Crippen LogP contribution in [0.15, 0.2) is 36.5 Å². The predicted octanol–water partition coefficient (Wildman–Crippen LogP) is 8.30. The quantitative estimate of drug-likeness (QED) is 0.181. The zero-order valence-electron chi connectivity index (χ0n) is 17.8. The van der Waals surface area contributed by atoms with Gasteiger partial charge in [-0.25, -0.2) is 0 Å². The van der Waals surface area contributed by atoms with Crippen LogP contribution in [0.5, 0.6) is 0 Å². The Kier molecular flexibility index (Phi) is 21.5. The molecule has 0 aliphatic carbocycles. The van der Waals surface area contributed by atoms with Gasteiger partial charge in [-0.3, -0.25) is 0 Å². The number of aliphatic hydroxyl groups excluding tert-OH is 1. The summed E-state index contributed by atoms with van der Waals surface area (Å²) in [7, 11) is 0. The minimum absolute atomic E-state index is 0.0937. The van der Waals surface area contributed by atoms with Crippen molar-refractivity contribution < 1.29 is 5.11 Å². The van der Waals surface area contributed by atoms with Crippen LogP contribution >= 0.6 is 0 Å². The van der Waals surface area contributed by atoms with Crippen LogP contribution in [0.2, 0.25) is 0 Å². The van der Waals surface area contributed by atoms with Gasteiger partial charge in [0.15, 0.2) is 0 Å². The van der Waals surface area contributed by atoms with Crippen LogP contribution in [0.3, 0.4) is 0 Å². The molecule has 152 valence electrons. The molecule has 0 amide bonds. The third-order valence-corrected chi connectivity index (χ3v) is 4.72. The molecule has 0 bridgehead atoms. The van der Waals surface area contributed by atoms with Gasteiger partial charge >= 0.3 is 0 Å². The number of aliphatic hydroxyl groups is 1. The predicted molar refractivity (Wildman–Crippen MR) is 119 cm³/mol. The number of hydrogen-bond acceptors (Lipinski definition) is 1. The lowest BCUT2D eigenvalue weighted by molar-refractivity contribution is 0.149. The van der Waals surface area contributed by atoms with Gasteiger partial charge in [0.2, 0.25) is 0 Å². The Hall–Kier alpha value is -0.820. The molecule has 0 aromatic rings. The van der Waals surface area contributed by atoms with Gasteiger partial charge in [0.25, 0.3) is 0 Å². The van der Waals surface area contributed by atoms with Crippen LogP contribution in [0.1, 0.15) is 117 Å². The van der Waals surface area contributed by atoms with Crippen LogP contribution in [0.25, 0.3) is 0 Å². The average molecular weight is 363 g/mol. The molecule has 0 aliphatic rings. The summed E-state index contributed by atoms with van der Waals surface area (Å²) in [4.78, 5) is 0. The molecule has 1 N–H and O–H groups in total. The standard InChI is InChI=1S/C25H46O/c1-3-5-7-9-11-12-13-14-15-16-18-20-22-24-25(26)23-21-19-17-10-8-6-4-2/h7-10,16,18,25-26H,3-6,11-15,17,19-24H2,1-2H3/b9-7-,10-8?,18-16?. The van der Waals surface area contributed by atoms with Gasteiger partial charge in [-0.15, -0.1) is 0 Å². The fourth-order valence-corrected chi connectivity index (χ4v) is 3.00. The van der Waals surface area contributed by atoms with Crippen molar-refractivity contribution in [3.63, 3.8) is 0 Å². The molecule has 0 aliphatic heterocycles. The first kappa shape index (κ1) is 25.2. The van der Waals surface area contributed by atoms with E-state index in [0.717, 1.165) is 32.1 Å². The molecule has 0 fully saturated rings. The van der Waals surface area contributed by atoms with E-state index in [4.69, 9.17) is 0 Å². The molecule has 0 aromatic carbocycles. The van der Waals surface area contributed by atoms with Crippen molar-refractivity contribution in [2.75, 3.05) is 0 Å². The van der Waals surface area contributed by atoms with Crippen molar-refractivity contribution in [1.29, 1.82) is 0 Å². The van der Waals surface area contributed by atoms with Gasteiger partial charge in [-0.2, -0.15) is 0 Å². The van der Waals surface area contributed by atoms with Crippen LogP contribution in [0.4, 0.5) is 0 Å². The summed E-state index contributed by atoms with van der Waals surface area (Å²) in [6, 6.07) is 0. The number of allylic oxidation sites excluding steroid dienone is 6. The second kappa shape index (κ2) is 22.2. The lowest BCUT2D eigenvalue weighted by Crippen LogP contribution is -2.05. The molecule has 0 aromatic heterocycles. The van der Waals surface area contributed by atoms with Crippen molar-refractivity contribution in [2.24, 2.45) is 0 Å². The average Bonchev–Trinajstić information content (AvgIpc) is 2.64. The highest BCUT2D eigenvalue weighted by Gasteiger charge is 2.02. The number of hydrogen-bond donors (Lipinski definition) is 1. The Labute approximate surface area is 164 Å². The number of unbranched alkanes of at least 4 members (excludes halogenated alkanes) is 9. The summed E-state index contributed by atoms with van der Waals surface area (Å²) in [5, 5.41) is 10.0. The SMILES string of the molecule is CCCC=CCCCCC(O)CCCC=CCCCCC/C=C\CCC. The molecule has 1 unspecified atom stereocenters. The maximum Gasteiger partial charge on any atom is 0.0540 e. The van der Waals surface area contributed by atoms with Gasteiger partial charge in [0.05, 0.1) is 6.10 Å². The Bertz CT molecular complexity index is 340. The molecule has 0 radical (unpaired) electrons. The molecule has 1 nitrogen and oxygen atoms in total. The van der Waals surface area contributed by atoms with E-state index in [1.165, 1.54) is 70.6 Å². The smallest absolute Gasteiger partial charge is 0.0540 e. The third kappa shape index (κ3) is 21.2. The monoisotopic (exact) mass is 362 g/mol. The maximum absolute atomic E-state index is 10.0. The summed E-state index contributed by atoms with van der Waals surface area (Å²) in [6.45, 7) is 4.44. The lowest BCUT2D eigenvalue weighted by Gasteiger charge is -2.08. The van der Waals surface area contributed by atoms with E-state index in [9.17, 15) is 5.11 Å². The minimum Gasteiger partial charge on any atom is -0.393 e. The fraction of sp³-hybridized carbons (Fsp3) is 0.760. The highest BCUT2D eigenvalue weighted by Crippen LogP contribution is 2.11. The first-order valence-electron chi connectivity index (χ1n) is 11.4. The van der Waals surface area contributed by atoms with Crippen molar-refractivity contribution in [1.82, 2.24) is 0 Å². The Balaban J connectivity index is 3.30. The second-order valence-corrected chi connectivity index (χ2v) is 7.50. The Morgan fingerprint density at radius 1 is 0.500 bits per heavy atom. The van der Waals surface area contributed by atoms with Gasteiger partial charge < -0.3 is 5.11 Å². The highest BCUT2D eigenvalue weighted by molar-refractivity contribution is 4.83. The minimum atomic E-state index is -0.0937. The molecule has 1 atom stereocenters. The normalized spacial score (nSPS) is 13.5. The first-order valence-corrected chi connectivity index (χ1v) is 11.4. The van der Waals surface area contributed by atoms with E-state index in [2.05, 4.69) is 50.3 Å². The molecular formula is C25H46O. The summed E-state index contributed by atoms with van der Waals surface area (Å²) in [5.74, 6) is 0. The molecule has 26 heavy (non-hydrogen) atoms. The van der Waals surface area contributed by atoms with Crippen LogP contribution < -0.4 is 0 Å². The van der Waals surface area contributed by atoms with Crippen molar-refractivity contribution in [3.05, 3.63) is 36.5 Å². The van der Waals surface area contributed by atoms with Gasteiger partial charge in [-0.05, 0) is 77.0 Å². The zero-order valence-corrected chi connectivity index (χ0v) is 17.8. The maximum atomic E-state index is 10.0. The zero-order chi connectivity index (χ0) is 19.1. The Morgan fingerprint density at radius 3 is 1.38 bits per heavy atom. The first-order chi connectivity index (χ1) is 12.8. The summed E-state index contributed by atoms with van der Waals surface area (Å²) in [6.07, 6.45) is 32.9. The van der Waals surface area contributed by atoms with E-state index in [0.29, 0.717) is 0 Å². The number of rotatable bonds is 19. The van der Waals surface area contributed by atoms with Gasteiger partial charge in [0, 0.05) is 0 Å². The summed E-state index contributed by atoms with van der Waals surface area (Å²) in [5.41, 5.74) is 0. The van der Waals surface area contributed by atoms with E-state index >= 15 is 0 Å². The molecular weight excluding hydrogens is 316 g/mol. The Morgan fingerprint density at radius 2 is 0.885 bits per heavy atom. The highest BCUT2D eigenvalue weighted by atomic mass is 16.3. The topological polar surface area (TPSA) is 20.2 Å². The van der Waals surface area contributed by atoms with E-state index in [1.54, 1.807) is 0 Å². The van der Waals surface area contributed by atoms with Gasteiger partial charge in [0.1, 0.15) is 0 Å². The molecule has 1 heteroatoms. The van der Waals surface area contributed by atoms with Crippen LogP contribution in [0, 0.1) is 0 Å². The molecule has 0 saturated heterocycles. The van der Waals surface area contributed by atoms with Crippen LogP contribution in [-0.4, -0.2) is 11.2 Å². The van der Waals surface area contributed by atoms with E-state index in [1.807, 2.05) is 0 Å². The van der Waals surface area contributed by atoms with Crippen molar-refractivity contribution in [2.45, 2.75) is 123 Å². The van der Waals surface area contributed by atoms with E-state index in [-0.39, 0.29) is 6.10 Å². The second-order valence-electron chi connectivity index (χ2n) is 7.50. The summed E-state index contributed by atoms with van der Waals surface area (Å²) >= 11 is 0.